The van der Waals surface area contributed by atoms with Gasteiger partial charge in [0, 0.05) is 28.1 Å². The van der Waals surface area contributed by atoms with Crippen LogP contribution in [-0.4, -0.2) is 11.9 Å². The maximum absolute atomic E-state index is 11.7. The molecule has 0 aromatic carbocycles. The summed E-state index contributed by atoms with van der Waals surface area (Å²) in [6.45, 7) is 4.21. The second kappa shape index (κ2) is 5.00. The molecule has 1 fully saturated rings. The van der Waals surface area contributed by atoms with Gasteiger partial charge in [-0.05, 0) is 38.8 Å². The fourth-order valence-corrected chi connectivity index (χ4v) is 3.00. The van der Waals surface area contributed by atoms with Crippen LogP contribution in [0.2, 0.25) is 0 Å². The average molecular weight is 237 g/mol. The summed E-state index contributed by atoms with van der Waals surface area (Å²) < 4.78 is 0. The first-order valence-corrected chi connectivity index (χ1v) is 6.82. The number of carbonyl (C=O) groups excluding carboxylic acids is 1. The largest absolute Gasteiger partial charge is 0.353 e. The van der Waals surface area contributed by atoms with E-state index in [0.717, 1.165) is 19.3 Å². The lowest BCUT2D eigenvalue weighted by atomic mass is 9.84. The van der Waals surface area contributed by atoms with Crippen molar-refractivity contribution in [1.29, 1.82) is 0 Å². The third-order valence-electron chi connectivity index (χ3n) is 3.17. The minimum atomic E-state index is 0.256. The summed E-state index contributed by atoms with van der Waals surface area (Å²) in [7, 11) is 0. The van der Waals surface area contributed by atoms with Crippen LogP contribution in [0.15, 0.2) is 12.1 Å². The van der Waals surface area contributed by atoms with Gasteiger partial charge in [-0.3, -0.25) is 4.79 Å². The molecule has 3 heteroatoms. The summed E-state index contributed by atoms with van der Waals surface area (Å²) in [4.78, 5) is 14.4. The molecule has 1 aliphatic rings. The number of amides is 1. The van der Waals surface area contributed by atoms with Gasteiger partial charge in [-0.1, -0.05) is 6.42 Å². The predicted molar refractivity (Wildman–Crippen MR) is 67.7 cm³/mol. The lowest BCUT2D eigenvalue weighted by Crippen LogP contribution is -2.40. The van der Waals surface area contributed by atoms with Crippen molar-refractivity contribution < 1.29 is 4.79 Å². The van der Waals surface area contributed by atoms with Crippen molar-refractivity contribution >= 4 is 17.2 Å². The number of nitrogens with one attached hydrogen (secondary N) is 1. The number of thiophene rings is 1. The van der Waals surface area contributed by atoms with Gasteiger partial charge in [0.15, 0.2) is 0 Å². The Hall–Kier alpha value is -0.830. The molecule has 0 bridgehead atoms. The van der Waals surface area contributed by atoms with E-state index in [0.29, 0.717) is 5.92 Å². The Kier molecular flexibility index (Phi) is 3.64. The molecule has 2 nitrogen and oxygen atoms in total. The minimum absolute atomic E-state index is 0.256. The highest BCUT2D eigenvalue weighted by molar-refractivity contribution is 7.11. The Balaban J connectivity index is 1.79. The first-order chi connectivity index (χ1) is 7.65. The zero-order valence-electron chi connectivity index (χ0n) is 9.95. The molecule has 1 amide bonds. The molecule has 88 valence electrons. The van der Waals surface area contributed by atoms with Gasteiger partial charge in [0.2, 0.25) is 5.91 Å². The first-order valence-electron chi connectivity index (χ1n) is 6.01. The van der Waals surface area contributed by atoms with Gasteiger partial charge >= 0.3 is 0 Å². The lowest BCUT2D eigenvalue weighted by molar-refractivity contribution is -0.127. The summed E-state index contributed by atoms with van der Waals surface area (Å²) in [5.74, 6) is 0.555. The van der Waals surface area contributed by atoms with Crippen molar-refractivity contribution in [2.75, 3.05) is 0 Å². The quantitative estimate of drug-likeness (QED) is 0.857. The second-order valence-corrected chi connectivity index (χ2v) is 6.13. The Bertz CT molecular complexity index is 368. The van der Waals surface area contributed by atoms with Crippen LogP contribution >= 0.6 is 11.3 Å². The topological polar surface area (TPSA) is 29.1 Å². The highest BCUT2D eigenvalue weighted by Gasteiger charge is 2.25. The van der Waals surface area contributed by atoms with Crippen LogP contribution in [0.1, 0.15) is 35.9 Å². The van der Waals surface area contributed by atoms with Crippen molar-refractivity contribution in [3.05, 3.63) is 21.9 Å². The zero-order chi connectivity index (χ0) is 11.5. The number of carbonyl (C=O) groups is 1. The van der Waals surface area contributed by atoms with Crippen molar-refractivity contribution in [2.24, 2.45) is 5.92 Å². The van der Waals surface area contributed by atoms with Gasteiger partial charge in [0.05, 0.1) is 0 Å². The van der Waals surface area contributed by atoms with E-state index in [9.17, 15) is 4.79 Å². The number of rotatable bonds is 4. The lowest BCUT2D eigenvalue weighted by Gasteiger charge is -2.26. The summed E-state index contributed by atoms with van der Waals surface area (Å²) in [5, 5.41) is 3.11. The van der Waals surface area contributed by atoms with E-state index < -0.39 is 0 Å². The zero-order valence-corrected chi connectivity index (χ0v) is 10.8. The van der Waals surface area contributed by atoms with E-state index in [1.807, 2.05) is 11.3 Å². The van der Waals surface area contributed by atoms with E-state index in [2.05, 4.69) is 31.3 Å². The Labute approximate surface area is 101 Å². The van der Waals surface area contributed by atoms with Gasteiger partial charge in [0.1, 0.15) is 0 Å². The van der Waals surface area contributed by atoms with Crippen molar-refractivity contribution in [2.45, 2.75) is 45.6 Å². The van der Waals surface area contributed by atoms with Gasteiger partial charge in [-0.25, -0.2) is 0 Å². The highest BCUT2D eigenvalue weighted by Crippen LogP contribution is 2.26. The van der Waals surface area contributed by atoms with E-state index >= 15 is 0 Å². The first kappa shape index (κ1) is 11.6. The van der Waals surface area contributed by atoms with Crippen LogP contribution < -0.4 is 5.32 Å². The molecule has 1 aromatic rings. The van der Waals surface area contributed by atoms with Crippen LogP contribution in [0.3, 0.4) is 0 Å². The molecule has 1 heterocycles. The normalized spacial score (nSPS) is 17.9. The van der Waals surface area contributed by atoms with Crippen LogP contribution in [-0.2, 0) is 11.2 Å². The predicted octanol–water partition coefficient (Wildman–Crippen LogP) is 2.90. The molecular formula is C13H19NOS. The minimum Gasteiger partial charge on any atom is -0.353 e. The molecule has 1 saturated carbocycles. The molecule has 1 atom stereocenters. The standard InChI is InChI=1S/C13H19NOS/c1-9(8-12-7-6-10(2)16-12)14-13(15)11-4-3-5-11/h6-7,9,11H,3-5,8H2,1-2H3,(H,14,15). The molecule has 0 saturated heterocycles. The van der Waals surface area contributed by atoms with E-state index in [1.165, 1.54) is 16.2 Å². The molecule has 1 aliphatic carbocycles. The monoisotopic (exact) mass is 237 g/mol. The Morgan fingerprint density at radius 3 is 2.81 bits per heavy atom. The fourth-order valence-electron chi connectivity index (χ4n) is 1.98. The van der Waals surface area contributed by atoms with Gasteiger partial charge < -0.3 is 5.32 Å². The Morgan fingerprint density at radius 1 is 1.56 bits per heavy atom. The maximum atomic E-state index is 11.7. The van der Waals surface area contributed by atoms with Gasteiger partial charge in [-0.2, -0.15) is 0 Å². The van der Waals surface area contributed by atoms with Crippen molar-refractivity contribution in [1.82, 2.24) is 5.32 Å². The van der Waals surface area contributed by atoms with Crippen LogP contribution in [0, 0.1) is 12.8 Å². The molecule has 0 radical (unpaired) electrons. The van der Waals surface area contributed by atoms with Crippen LogP contribution in [0.25, 0.3) is 0 Å². The van der Waals surface area contributed by atoms with E-state index in [-0.39, 0.29) is 11.9 Å². The van der Waals surface area contributed by atoms with Crippen molar-refractivity contribution in [3.8, 4) is 0 Å². The molecule has 1 N–H and O–H groups in total. The van der Waals surface area contributed by atoms with Crippen LogP contribution in [0.5, 0.6) is 0 Å². The molecule has 16 heavy (non-hydrogen) atoms. The SMILES string of the molecule is Cc1ccc(CC(C)NC(=O)C2CCC2)s1. The number of aryl methyl sites for hydroxylation is 1. The highest BCUT2D eigenvalue weighted by atomic mass is 32.1. The second-order valence-electron chi connectivity index (χ2n) is 4.75. The smallest absolute Gasteiger partial charge is 0.223 e. The molecule has 2 rings (SSSR count). The Morgan fingerprint density at radius 2 is 2.31 bits per heavy atom. The number of hydrogen-bond donors (Lipinski definition) is 1. The average Bonchev–Trinajstić information content (AvgIpc) is 2.47. The third-order valence-corrected chi connectivity index (χ3v) is 4.19. The molecule has 0 spiro atoms. The molecule has 1 aromatic heterocycles. The van der Waals surface area contributed by atoms with E-state index in [1.54, 1.807) is 0 Å². The summed E-state index contributed by atoms with van der Waals surface area (Å²) in [5.41, 5.74) is 0. The summed E-state index contributed by atoms with van der Waals surface area (Å²) >= 11 is 1.82. The van der Waals surface area contributed by atoms with Gasteiger partial charge in [0.25, 0.3) is 0 Å². The van der Waals surface area contributed by atoms with E-state index in [4.69, 9.17) is 0 Å². The van der Waals surface area contributed by atoms with Crippen molar-refractivity contribution in [3.63, 3.8) is 0 Å². The van der Waals surface area contributed by atoms with Crippen LogP contribution in [0.4, 0.5) is 0 Å². The summed E-state index contributed by atoms with van der Waals surface area (Å²) in [6, 6.07) is 4.55. The maximum Gasteiger partial charge on any atom is 0.223 e. The fraction of sp³-hybridized carbons (Fsp3) is 0.615. The third kappa shape index (κ3) is 2.85. The molecule has 1 unspecified atom stereocenters. The van der Waals surface area contributed by atoms with Gasteiger partial charge in [-0.15, -0.1) is 11.3 Å². The number of hydrogen-bond acceptors (Lipinski definition) is 2. The summed E-state index contributed by atoms with van der Waals surface area (Å²) in [6.07, 6.45) is 4.33. The molecule has 0 aliphatic heterocycles. The molecular weight excluding hydrogens is 218 g/mol.